The number of benzene rings is 1. The van der Waals surface area contributed by atoms with E-state index in [9.17, 15) is 4.79 Å². The van der Waals surface area contributed by atoms with E-state index in [0.717, 1.165) is 21.0 Å². The van der Waals surface area contributed by atoms with Crippen LogP contribution in [0, 0.1) is 13.8 Å². The summed E-state index contributed by atoms with van der Waals surface area (Å²) in [5, 5.41) is 5.01. The van der Waals surface area contributed by atoms with Crippen LogP contribution in [0.15, 0.2) is 52.3 Å². The Morgan fingerprint density at radius 2 is 1.96 bits per heavy atom. The van der Waals surface area contributed by atoms with Crippen molar-refractivity contribution in [2.24, 2.45) is 5.10 Å². The maximum absolute atomic E-state index is 12.7. The molecule has 0 unspecified atom stereocenters. The SMILES string of the molecule is Cc1sc2ncn(/N=C\C=C3/N(C)c4ccccc4C3(C)C)c(=O)c2c1C. The van der Waals surface area contributed by atoms with Crippen LogP contribution < -0.4 is 10.5 Å². The number of hydrogen-bond acceptors (Lipinski definition) is 5. The molecule has 0 radical (unpaired) electrons. The monoisotopic (exact) mass is 378 g/mol. The summed E-state index contributed by atoms with van der Waals surface area (Å²) in [5.41, 5.74) is 4.37. The van der Waals surface area contributed by atoms with Gasteiger partial charge in [0.2, 0.25) is 0 Å². The quantitative estimate of drug-likeness (QED) is 0.628. The number of para-hydroxylation sites is 1. The molecule has 0 amide bonds. The first kappa shape index (κ1) is 17.7. The summed E-state index contributed by atoms with van der Waals surface area (Å²) in [4.78, 5) is 21.2. The first-order chi connectivity index (χ1) is 12.8. The van der Waals surface area contributed by atoms with Gasteiger partial charge in [0.05, 0.1) is 5.39 Å². The summed E-state index contributed by atoms with van der Waals surface area (Å²) in [7, 11) is 2.06. The third-order valence-electron chi connectivity index (χ3n) is 5.44. The van der Waals surface area contributed by atoms with Crippen molar-refractivity contribution in [3.63, 3.8) is 0 Å². The average Bonchev–Trinajstić information content (AvgIpc) is 3.03. The number of aryl methyl sites for hydroxylation is 2. The van der Waals surface area contributed by atoms with Crippen molar-refractivity contribution in [3.05, 3.63) is 68.7 Å². The Kier molecular flexibility index (Phi) is 4.03. The van der Waals surface area contributed by atoms with Gasteiger partial charge >= 0.3 is 0 Å². The number of rotatable bonds is 2. The van der Waals surface area contributed by atoms with Gasteiger partial charge in [-0.3, -0.25) is 4.79 Å². The third-order valence-corrected chi connectivity index (χ3v) is 6.55. The van der Waals surface area contributed by atoms with E-state index in [1.165, 1.54) is 22.3 Å². The molecule has 1 aromatic carbocycles. The van der Waals surface area contributed by atoms with Crippen LogP contribution in [-0.4, -0.2) is 22.9 Å². The maximum atomic E-state index is 12.7. The fraction of sp³-hybridized carbons (Fsp3) is 0.286. The molecule has 2 aromatic heterocycles. The van der Waals surface area contributed by atoms with Gasteiger partial charge in [-0.15, -0.1) is 11.3 Å². The molecule has 138 valence electrons. The van der Waals surface area contributed by atoms with Crippen LogP contribution >= 0.6 is 11.3 Å². The second-order valence-corrected chi connectivity index (χ2v) is 8.58. The van der Waals surface area contributed by atoms with Gasteiger partial charge in [0, 0.05) is 34.9 Å². The van der Waals surface area contributed by atoms with Crippen LogP contribution in [0.1, 0.15) is 29.9 Å². The highest BCUT2D eigenvalue weighted by atomic mass is 32.1. The van der Waals surface area contributed by atoms with E-state index in [4.69, 9.17) is 0 Å². The zero-order valence-electron chi connectivity index (χ0n) is 16.1. The van der Waals surface area contributed by atoms with Gasteiger partial charge in [0.15, 0.2) is 0 Å². The van der Waals surface area contributed by atoms with Crippen molar-refractivity contribution < 1.29 is 0 Å². The number of nitrogens with zero attached hydrogens (tertiary/aromatic N) is 4. The first-order valence-electron chi connectivity index (χ1n) is 8.88. The van der Waals surface area contributed by atoms with E-state index in [-0.39, 0.29) is 11.0 Å². The highest BCUT2D eigenvalue weighted by molar-refractivity contribution is 7.18. The Labute approximate surface area is 162 Å². The summed E-state index contributed by atoms with van der Waals surface area (Å²) in [6.45, 7) is 8.37. The van der Waals surface area contributed by atoms with E-state index < -0.39 is 0 Å². The predicted molar refractivity (Wildman–Crippen MR) is 113 cm³/mol. The Hall–Kier alpha value is -2.73. The number of thiophene rings is 1. The fourth-order valence-electron chi connectivity index (χ4n) is 3.79. The molecule has 5 nitrogen and oxygen atoms in total. The lowest BCUT2D eigenvalue weighted by atomic mass is 9.84. The van der Waals surface area contributed by atoms with Crippen molar-refractivity contribution in [3.8, 4) is 0 Å². The molecule has 4 rings (SSSR count). The number of allylic oxidation sites excluding steroid dienone is 2. The molecule has 0 atom stereocenters. The van der Waals surface area contributed by atoms with E-state index in [1.807, 2.05) is 26.0 Å². The molecule has 3 aromatic rings. The van der Waals surface area contributed by atoms with Gasteiger partial charge in [0.25, 0.3) is 5.56 Å². The van der Waals surface area contributed by atoms with E-state index >= 15 is 0 Å². The lowest BCUT2D eigenvalue weighted by Gasteiger charge is -2.23. The van der Waals surface area contributed by atoms with Crippen LogP contribution in [0.2, 0.25) is 0 Å². The Morgan fingerprint density at radius 3 is 2.70 bits per heavy atom. The molecule has 0 N–H and O–H groups in total. The molecular formula is C21H22N4OS. The zero-order chi connectivity index (χ0) is 19.3. The fourth-order valence-corrected chi connectivity index (χ4v) is 4.77. The molecule has 0 spiro atoms. The van der Waals surface area contributed by atoms with Crippen LogP contribution in [0.25, 0.3) is 10.2 Å². The Morgan fingerprint density at radius 1 is 1.22 bits per heavy atom. The molecule has 1 aliphatic heterocycles. The molecule has 0 saturated heterocycles. The van der Waals surface area contributed by atoms with Crippen LogP contribution in [0.3, 0.4) is 0 Å². The minimum Gasteiger partial charge on any atom is -0.347 e. The molecule has 0 fully saturated rings. The second-order valence-electron chi connectivity index (χ2n) is 7.38. The predicted octanol–water partition coefficient (Wildman–Crippen LogP) is 4.22. The van der Waals surface area contributed by atoms with E-state index in [0.29, 0.717) is 5.39 Å². The number of anilines is 1. The standard InChI is InChI=1S/C21H22N4OS/c1-13-14(2)27-19-18(13)20(26)25(12-22-19)23-11-10-17-21(3,4)15-8-6-7-9-16(15)24(17)5/h6-12H,1-5H3/b17-10-,23-11-. The molecule has 1 aliphatic rings. The zero-order valence-corrected chi connectivity index (χ0v) is 17.0. The van der Waals surface area contributed by atoms with Crippen molar-refractivity contribution in [1.82, 2.24) is 9.66 Å². The van der Waals surface area contributed by atoms with Gasteiger partial charge < -0.3 is 4.90 Å². The van der Waals surface area contributed by atoms with Gasteiger partial charge in [0.1, 0.15) is 11.2 Å². The normalized spacial score (nSPS) is 17.4. The van der Waals surface area contributed by atoms with Crippen LogP contribution in [-0.2, 0) is 5.41 Å². The van der Waals surface area contributed by atoms with Crippen molar-refractivity contribution in [2.45, 2.75) is 33.1 Å². The largest absolute Gasteiger partial charge is 0.347 e. The van der Waals surface area contributed by atoms with Crippen molar-refractivity contribution in [2.75, 3.05) is 11.9 Å². The van der Waals surface area contributed by atoms with E-state index in [2.05, 4.69) is 54.1 Å². The number of hydrogen-bond donors (Lipinski definition) is 0. The molecule has 0 saturated carbocycles. The summed E-state index contributed by atoms with van der Waals surface area (Å²) in [6, 6.07) is 8.40. The van der Waals surface area contributed by atoms with Gasteiger partial charge in [-0.25, -0.2) is 4.98 Å². The summed E-state index contributed by atoms with van der Waals surface area (Å²) >= 11 is 1.54. The van der Waals surface area contributed by atoms with Gasteiger partial charge in [-0.05, 0) is 37.1 Å². The molecule has 0 bridgehead atoms. The average molecular weight is 379 g/mol. The summed E-state index contributed by atoms with van der Waals surface area (Å²) < 4.78 is 1.31. The summed E-state index contributed by atoms with van der Waals surface area (Å²) in [6.07, 6.45) is 5.15. The highest BCUT2D eigenvalue weighted by Crippen LogP contribution is 2.46. The molecule has 27 heavy (non-hydrogen) atoms. The van der Waals surface area contributed by atoms with Gasteiger partial charge in [-0.1, -0.05) is 32.0 Å². The Bertz CT molecular complexity index is 1170. The highest BCUT2D eigenvalue weighted by Gasteiger charge is 2.37. The van der Waals surface area contributed by atoms with Gasteiger partial charge in [-0.2, -0.15) is 9.78 Å². The number of aromatic nitrogens is 2. The lowest BCUT2D eigenvalue weighted by molar-refractivity contribution is 0.641. The molecule has 3 heterocycles. The smallest absolute Gasteiger partial charge is 0.282 e. The number of likely N-dealkylation sites (N-methyl/N-ethyl adjacent to an activating group) is 1. The van der Waals surface area contributed by atoms with Crippen molar-refractivity contribution >= 4 is 33.5 Å². The summed E-state index contributed by atoms with van der Waals surface area (Å²) in [5.74, 6) is 0. The Balaban J connectivity index is 1.73. The second kappa shape index (κ2) is 6.16. The topological polar surface area (TPSA) is 50.5 Å². The number of fused-ring (bicyclic) bond motifs is 2. The first-order valence-corrected chi connectivity index (χ1v) is 9.69. The molecular weight excluding hydrogens is 356 g/mol. The molecule has 6 heteroatoms. The molecule has 0 aliphatic carbocycles. The van der Waals surface area contributed by atoms with Crippen LogP contribution in [0.4, 0.5) is 5.69 Å². The minimum absolute atomic E-state index is 0.119. The maximum Gasteiger partial charge on any atom is 0.282 e. The van der Waals surface area contributed by atoms with E-state index in [1.54, 1.807) is 17.6 Å². The van der Waals surface area contributed by atoms with Crippen molar-refractivity contribution in [1.29, 1.82) is 0 Å². The third kappa shape index (κ3) is 2.63. The lowest BCUT2D eigenvalue weighted by Crippen LogP contribution is -2.23. The minimum atomic E-state index is -0.126. The van der Waals surface area contributed by atoms with Crippen LogP contribution in [0.5, 0.6) is 0 Å².